The number of hydrogen-bond acceptors (Lipinski definition) is 3. The van der Waals surface area contributed by atoms with E-state index in [1.165, 1.54) is 5.56 Å². The molecule has 1 aromatic carbocycles. The zero-order valence-electron chi connectivity index (χ0n) is 9.36. The quantitative estimate of drug-likeness (QED) is 0.749. The fourth-order valence-corrected chi connectivity index (χ4v) is 1.59. The van der Waals surface area contributed by atoms with Crippen molar-refractivity contribution in [2.45, 2.75) is 19.4 Å². The Kier molecular flexibility index (Phi) is 5.15. The molecule has 0 saturated heterocycles. The van der Waals surface area contributed by atoms with Gasteiger partial charge < -0.3 is 15.2 Å². The minimum Gasteiger partial charge on any atom is -0.497 e. The van der Waals surface area contributed by atoms with Crippen LogP contribution in [0.3, 0.4) is 0 Å². The summed E-state index contributed by atoms with van der Waals surface area (Å²) in [5.74, 6) is 0.872. The predicted molar refractivity (Wildman–Crippen MR) is 61.1 cm³/mol. The normalized spacial score (nSPS) is 12.5. The lowest BCUT2D eigenvalue weighted by Gasteiger charge is -2.17. The number of nitrogens with one attached hydrogen (secondary N) is 1. The zero-order valence-corrected chi connectivity index (χ0v) is 9.36. The summed E-state index contributed by atoms with van der Waals surface area (Å²) in [5.41, 5.74) is 1.20. The fourth-order valence-electron chi connectivity index (χ4n) is 1.59. The Morgan fingerprint density at radius 1 is 1.47 bits per heavy atom. The number of rotatable bonds is 6. The lowest BCUT2D eigenvalue weighted by molar-refractivity contribution is 0.283. The lowest BCUT2D eigenvalue weighted by Crippen LogP contribution is -2.23. The first-order chi connectivity index (χ1) is 7.31. The molecule has 0 spiro atoms. The van der Waals surface area contributed by atoms with Gasteiger partial charge in [0.25, 0.3) is 0 Å². The highest BCUT2D eigenvalue weighted by Gasteiger charge is 2.08. The van der Waals surface area contributed by atoms with Crippen LogP contribution in [0.4, 0.5) is 0 Å². The molecule has 0 amide bonds. The van der Waals surface area contributed by atoms with E-state index in [4.69, 9.17) is 9.84 Å². The third-order valence-corrected chi connectivity index (χ3v) is 2.41. The second kappa shape index (κ2) is 6.43. The molecule has 1 unspecified atom stereocenters. The lowest BCUT2D eigenvalue weighted by atomic mass is 10.0. The van der Waals surface area contributed by atoms with Gasteiger partial charge in [-0.2, -0.15) is 0 Å². The molecule has 84 valence electrons. The van der Waals surface area contributed by atoms with Crippen LogP contribution in [-0.2, 0) is 0 Å². The van der Waals surface area contributed by atoms with Crippen molar-refractivity contribution in [2.75, 3.05) is 20.3 Å². The van der Waals surface area contributed by atoms with Crippen LogP contribution in [0.2, 0.25) is 0 Å². The van der Waals surface area contributed by atoms with Crippen molar-refractivity contribution >= 4 is 0 Å². The van der Waals surface area contributed by atoms with Crippen LogP contribution in [0.15, 0.2) is 24.3 Å². The van der Waals surface area contributed by atoms with Gasteiger partial charge in [-0.1, -0.05) is 19.1 Å². The van der Waals surface area contributed by atoms with Gasteiger partial charge in [-0.25, -0.2) is 0 Å². The zero-order chi connectivity index (χ0) is 11.1. The summed E-state index contributed by atoms with van der Waals surface area (Å²) < 4.78 is 5.18. The Morgan fingerprint density at radius 2 is 2.27 bits per heavy atom. The van der Waals surface area contributed by atoms with Crippen LogP contribution in [0, 0.1) is 0 Å². The Balaban J connectivity index is 2.72. The van der Waals surface area contributed by atoms with Gasteiger partial charge in [-0.15, -0.1) is 0 Å². The molecule has 0 aromatic heterocycles. The van der Waals surface area contributed by atoms with Gasteiger partial charge >= 0.3 is 0 Å². The molecule has 0 aliphatic rings. The first-order valence-electron chi connectivity index (χ1n) is 5.30. The standard InChI is InChI=1S/C12H19NO2/c1-3-12(13-7-8-14)10-5-4-6-11(9-10)15-2/h4-6,9,12-14H,3,7-8H2,1-2H3. The number of aliphatic hydroxyl groups excluding tert-OH is 1. The third kappa shape index (κ3) is 3.53. The highest BCUT2D eigenvalue weighted by molar-refractivity contribution is 5.30. The first kappa shape index (κ1) is 12.0. The van der Waals surface area contributed by atoms with Gasteiger partial charge in [0.15, 0.2) is 0 Å². The van der Waals surface area contributed by atoms with E-state index in [0.717, 1.165) is 12.2 Å². The van der Waals surface area contributed by atoms with Crippen molar-refractivity contribution in [2.24, 2.45) is 0 Å². The monoisotopic (exact) mass is 209 g/mol. The first-order valence-corrected chi connectivity index (χ1v) is 5.30. The van der Waals surface area contributed by atoms with E-state index in [1.54, 1.807) is 7.11 Å². The van der Waals surface area contributed by atoms with Gasteiger partial charge in [0.2, 0.25) is 0 Å². The van der Waals surface area contributed by atoms with Gasteiger partial charge in [0.1, 0.15) is 5.75 Å². The van der Waals surface area contributed by atoms with Crippen molar-refractivity contribution in [1.29, 1.82) is 0 Å². The molecule has 0 saturated carbocycles. The van der Waals surface area contributed by atoms with Crippen molar-refractivity contribution in [3.63, 3.8) is 0 Å². The Hall–Kier alpha value is -1.06. The molecule has 1 aromatic rings. The number of aliphatic hydroxyl groups is 1. The van der Waals surface area contributed by atoms with E-state index >= 15 is 0 Å². The van der Waals surface area contributed by atoms with Crippen molar-refractivity contribution < 1.29 is 9.84 Å². The molecule has 1 atom stereocenters. The molecule has 0 heterocycles. The summed E-state index contributed by atoms with van der Waals surface area (Å²) in [4.78, 5) is 0. The van der Waals surface area contributed by atoms with E-state index in [2.05, 4.69) is 18.3 Å². The van der Waals surface area contributed by atoms with Crippen molar-refractivity contribution in [3.05, 3.63) is 29.8 Å². The van der Waals surface area contributed by atoms with Crippen LogP contribution >= 0.6 is 0 Å². The molecule has 0 radical (unpaired) electrons. The minimum absolute atomic E-state index is 0.167. The molecule has 0 aliphatic carbocycles. The van der Waals surface area contributed by atoms with Gasteiger partial charge in [-0.05, 0) is 24.1 Å². The Bertz CT molecular complexity index is 289. The van der Waals surface area contributed by atoms with E-state index in [9.17, 15) is 0 Å². The smallest absolute Gasteiger partial charge is 0.119 e. The van der Waals surface area contributed by atoms with E-state index in [1.807, 2.05) is 18.2 Å². The number of hydrogen-bond donors (Lipinski definition) is 2. The molecule has 0 fully saturated rings. The van der Waals surface area contributed by atoms with Crippen molar-refractivity contribution in [1.82, 2.24) is 5.32 Å². The average molecular weight is 209 g/mol. The Labute approximate surface area is 91.1 Å². The highest BCUT2D eigenvalue weighted by Crippen LogP contribution is 2.20. The molecule has 15 heavy (non-hydrogen) atoms. The van der Waals surface area contributed by atoms with E-state index < -0.39 is 0 Å². The molecule has 1 rings (SSSR count). The van der Waals surface area contributed by atoms with Gasteiger partial charge in [0, 0.05) is 12.6 Å². The van der Waals surface area contributed by atoms with Gasteiger partial charge in [-0.3, -0.25) is 0 Å². The van der Waals surface area contributed by atoms with Crippen LogP contribution < -0.4 is 10.1 Å². The summed E-state index contributed by atoms with van der Waals surface area (Å²) in [7, 11) is 1.67. The topological polar surface area (TPSA) is 41.5 Å². The van der Waals surface area contributed by atoms with Crippen molar-refractivity contribution in [3.8, 4) is 5.75 Å². The van der Waals surface area contributed by atoms with Crippen LogP contribution in [0.1, 0.15) is 24.9 Å². The van der Waals surface area contributed by atoms with E-state index in [-0.39, 0.29) is 12.6 Å². The summed E-state index contributed by atoms with van der Waals surface area (Å²) in [6.45, 7) is 2.91. The molecular weight excluding hydrogens is 190 g/mol. The maximum absolute atomic E-state index is 8.77. The molecule has 0 bridgehead atoms. The average Bonchev–Trinajstić information content (AvgIpc) is 2.30. The Morgan fingerprint density at radius 3 is 2.87 bits per heavy atom. The molecule has 3 nitrogen and oxygen atoms in total. The van der Waals surface area contributed by atoms with Crippen LogP contribution in [-0.4, -0.2) is 25.4 Å². The number of benzene rings is 1. The minimum atomic E-state index is 0.167. The SMILES string of the molecule is CCC(NCCO)c1cccc(OC)c1. The number of ether oxygens (including phenoxy) is 1. The van der Waals surface area contributed by atoms with Crippen LogP contribution in [0.5, 0.6) is 5.75 Å². The summed E-state index contributed by atoms with van der Waals surface area (Å²) >= 11 is 0. The highest BCUT2D eigenvalue weighted by atomic mass is 16.5. The summed E-state index contributed by atoms with van der Waals surface area (Å²) in [5, 5.41) is 12.1. The fraction of sp³-hybridized carbons (Fsp3) is 0.500. The maximum Gasteiger partial charge on any atom is 0.119 e. The second-order valence-corrected chi connectivity index (χ2v) is 3.42. The number of methoxy groups -OCH3 is 1. The van der Waals surface area contributed by atoms with Gasteiger partial charge in [0.05, 0.1) is 13.7 Å². The molecule has 3 heteroatoms. The summed E-state index contributed by atoms with van der Waals surface area (Å²) in [6, 6.07) is 8.30. The molecule has 2 N–H and O–H groups in total. The second-order valence-electron chi connectivity index (χ2n) is 3.42. The maximum atomic E-state index is 8.77. The summed E-state index contributed by atoms with van der Waals surface area (Å²) in [6.07, 6.45) is 0.993. The third-order valence-electron chi connectivity index (χ3n) is 2.41. The molecular formula is C12H19NO2. The predicted octanol–water partition coefficient (Wildman–Crippen LogP) is 1.73. The van der Waals surface area contributed by atoms with Crippen LogP contribution in [0.25, 0.3) is 0 Å². The van der Waals surface area contributed by atoms with E-state index in [0.29, 0.717) is 6.54 Å². The largest absolute Gasteiger partial charge is 0.497 e. The molecule has 0 aliphatic heterocycles.